The third-order valence-corrected chi connectivity index (χ3v) is 5.71. The quantitative estimate of drug-likeness (QED) is 0.213. The third kappa shape index (κ3) is 12.6. The number of hydrogen-bond acceptors (Lipinski definition) is 5. The number of esters is 1. The molecular formula is C26H43NO5. The number of unbranched alkanes of at least 4 members (excludes halogenated alkanes) is 11. The summed E-state index contributed by atoms with van der Waals surface area (Å²) in [6.07, 6.45) is 15.3. The number of phenolic OH excluding ortho intramolecular Hbond substituents is 1. The standard InChI is InChI=1S/C26H43NO5/c1-4-5-6-7-8-9-10-11-12-13-14-15-16-26(30)32-20-25(29)27-19-22-18-24(31-3)23(28)17-21(22)2/h17-18,28H,4-16,19-20H2,1-3H3,(H,27,29). The average Bonchev–Trinajstić information content (AvgIpc) is 2.77. The van der Waals surface area contributed by atoms with Crippen LogP contribution in [0.2, 0.25) is 0 Å². The first-order chi connectivity index (χ1) is 15.5. The van der Waals surface area contributed by atoms with Gasteiger partial charge in [0.25, 0.3) is 5.91 Å². The molecule has 1 amide bonds. The second kappa shape index (κ2) is 17.3. The van der Waals surface area contributed by atoms with Crippen LogP contribution in [0.5, 0.6) is 11.5 Å². The molecule has 0 radical (unpaired) electrons. The van der Waals surface area contributed by atoms with Crippen molar-refractivity contribution in [1.82, 2.24) is 5.32 Å². The number of benzene rings is 1. The first-order valence-corrected chi connectivity index (χ1v) is 12.3. The second-order valence-corrected chi connectivity index (χ2v) is 8.53. The van der Waals surface area contributed by atoms with Crippen LogP contribution in [0.4, 0.5) is 0 Å². The lowest BCUT2D eigenvalue weighted by Gasteiger charge is -2.11. The van der Waals surface area contributed by atoms with Crippen LogP contribution in [0.1, 0.15) is 102 Å². The van der Waals surface area contributed by atoms with Crippen molar-refractivity contribution >= 4 is 11.9 Å². The van der Waals surface area contributed by atoms with Gasteiger partial charge in [0.2, 0.25) is 0 Å². The molecule has 0 heterocycles. The van der Waals surface area contributed by atoms with Crippen molar-refractivity contribution in [1.29, 1.82) is 0 Å². The van der Waals surface area contributed by atoms with Gasteiger partial charge in [-0.1, -0.05) is 77.6 Å². The number of phenols is 1. The molecule has 0 aromatic heterocycles. The molecule has 0 atom stereocenters. The van der Waals surface area contributed by atoms with Crippen molar-refractivity contribution in [3.63, 3.8) is 0 Å². The molecule has 0 aliphatic heterocycles. The highest BCUT2D eigenvalue weighted by Gasteiger charge is 2.10. The fourth-order valence-corrected chi connectivity index (χ4v) is 3.64. The molecule has 0 unspecified atom stereocenters. The van der Waals surface area contributed by atoms with Gasteiger partial charge < -0.3 is 19.9 Å². The van der Waals surface area contributed by atoms with E-state index in [1.165, 1.54) is 64.9 Å². The third-order valence-electron chi connectivity index (χ3n) is 5.71. The van der Waals surface area contributed by atoms with Crippen LogP contribution in [0.3, 0.4) is 0 Å². The minimum absolute atomic E-state index is 0.0619. The van der Waals surface area contributed by atoms with E-state index in [4.69, 9.17) is 9.47 Å². The lowest BCUT2D eigenvalue weighted by atomic mass is 10.0. The van der Waals surface area contributed by atoms with E-state index in [1.807, 2.05) is 6.92 Å². The summed E-state index contributed by atoms with van der Waals surface area (Å²) in [4.78, 5) is 23.8. The SMILES string of the molecule is CCCCCCCCCCCCCCC(=O)OCC(=O)NCc1cc(OC)c(O)cc1C. The molecule has 0 saturated carbocycles. The van der Waals surface area contributed by atoms with E-state index in [-0.39, 0.29) is 30.8 Å². The Morgan fingerprint density at radius 3 is 2.03 bits per heavy atom. The number of carbonyl (C=O) groups excluding carboxylic acids is 2. The number of aromatic hydroxyl groups is 1. The van der Waals surface area contributed by atoms with Gasteiger partial charge in [0.1, 0.15) is 0 Å². The number of methoxy groups -OCH3 is 1. The van der Waals surface area contributed by atoms with Crippen LogP contribution in [0.15, 0.2) is 12.1 Å². The summed E-state index contributed by atoms with van der Waals surface area (Å²) < 4.78 is 10.2. The summed E-state index contributed by atoms with van der Waals surface area (Å²) in [5.74, 6) is -0.255. The number of nitrogens with one attached hydrogen (secondary N) is 1. The number of rotatable bonds is 18. The molecule has 6 heteroatoms. The summed E-state index contributed by atoms with van der Waals surface area (Å²) in [6, 6.07) is 3.28. The number of hydrogen-bond donors (Lipinski definition) is 2. The van der Waals surface area contributed by atoms with Crippen LogP contribution in [-0.2, 0) is 20.9 Å². The minimum atomic E-state index is -0.348. The van der Waals surface area contributed by atoms with E-state index in [0.29, 0.717) is 12.2 Å². The zero-order valence-corrected chi connectivity index (χ0v) is 20.3. The Labute approximate surface area is 194 Å². The van der Waals surface area contributed by atoms with E-state index < -0.39 is 0 Å². The Balaban J connectivity index is 2.03. The van der Waals surface area contributed by atoms with Crippen molar-refractivity contribution < 1.29 is 24.2 Å². The molecule has 0 spiro atoms. The van der Waals surface area contributed by atoms with Gasteiger partial charge in [-0.05, 0) is 36.6 Å². The molecule has 6 nitrogen and oxygen atoms in total. The Bertz CT molecular complexity index is 674. The zero-order valence-electron chi connectivity index (χ0n) is 20.3. The zero-order chi connectivity index (χ0) is 23.6. The molecule has 2 N–H and O–H groups in total. The smallest absolute Gasteiger partial charge is 0.306 e. The molecule has 1 aromatic carbocycles. The molecule has 0 fully saturated rings. The van der Waals surface area contributed by atoms with Gasteiger partial charge in [-0.2, -0.15) is 0 Å². The predicted molar refractivity (Wildman–Crippen MR) is 128 cm³/mol. The van der Waals surface area contributed by atoms with Gasteiger partial charge >= 0.3 is 5.97 Å². The molecule has 0 aliphatic rings. The number of aryl methyl sites for hydroxylation is 1. The van der Waals surface area contributed by atoms with E-state index in [9.17, 15) is 14.7 Å². The highest BCUT2D eigenvalue weighted by Crippen LogP contribution is 2.29. The molecule has 1 rings (SSSR count). The van der Waals surface area contributed by atoms with Crippen molar-refractivity contribution in [2.75, 3.05) is 13.7 Å². The fraction of sp³-hybridized carbons (Fsp3) is 0.692. The lowest BCUT2D eigenvalue weighted by Crippen LogP contribution is -2.28. The molecule has 0 aliphatic carbocycles. The molecule has 32 heavy (non-hydrogen) atoms. The van der Waals surface area contributed by atoms with Gasteiger partial charge in [-0.15, -0.1) is 0 Å². The molecule has 1 aromatic rings. The van der Waals surface area contributed by atoms with Crippen molar-refractivity contribution in [3.8, 4) is 11.5 Å². The highest BCUT2D eigenvalue weighted by atomic mass is 16.5. The fourth-order valence-electron chi connectivity index (χ4n) is 3.64. The van der Waals surface area contributed by atoms with Crippen molar-refractivity contribution in [3.05, 3.63) is 23.3 Å². The molecule has 182 valence electrons. The van der Waals surface area contributed by atoms with Crippen LogP contribution in [-0.4, -0.2) is 30.7 Å². The molecule has 0 bridgehead atoms. The summed E-state index contributed by atoms with van der Waals surface area (Å²) in [5, 5.41) is 12.5. The molecular weight excluding hydrogens is 406 g/mol. The van der Waals surface area contributed by atoms with Crippen molar-refractivity contribution in [2.24, 2.45) is 0 Å². The van der Waals surface area contributed by atoms with Crippen LogP contribution >= 0.6 is 0 Å². The number of amides is 1. The largest absolute Gasteiger partial charge is 0.504 e. The normalized spacial score (nSPS) is 10.7. The van der Waals surface area contributed by atoms with Crippen LogP contribution in [0, 0.1) is 6.92 Å². The maximum absolute atomic E-state index is 12.0. The maximum Gasteiger partial charge on any atom is 0.306 e. The van der Waals surface area contributed by atoms with Crippen LogP contribution in [0.25, 0.3) is 0 Å². The first-order valence-electron chi connectivity index (χ1n) is 12.3. The Kier molecular flexibility index (Phi) is 15.1. The lowest BCUT2D eigenvalue weighted by molar-refractivity contribution is -0.148. The monoisotopic (exact) mass is 449 g/mol. The van der Waals surface area contributed by atoms with E-state index in [1.54, 1.807) is 12.1 Å². The predicted octanol–water partition coefficient (Wildman–Crippen LogP) is 5.96. The Morgan fingerprint density at radius 2 is 1.47 bits per heavy atom. The van der Waals surface area contributed by atoms with E-state index in [0.717, 1.165) is 30.4 Å². The summed E-state index contributed by atoms with van der Waals surface area (Å²) in [5.41, 5.74) is 1.67. The van der Waals surface area contributed by atoms with Crippen molar-refractivity contribution in [2.45, 2.75) is 104 Å². The van der Waals surface area contributed by atoms with Gasteiger partial charge in [-0.3, -0.25) is 9.59 Å². The number of ether oxygens (including phenoxy) is 2. The summed E-state index contributed by atoms with van der Waals surface area (Å²) >= 11 is 0. The van der Waals surface area contributed by atoms with Gasteiger partial charge in [-0.25, -0.2) is 0 Å². The Morgan fingerprint density at radius 1 is 0.906 bits per heavy atom. The van der Waals surface area contributed by atoms with Gasteiger partial charge in [0.05, 0.1) is 7.11 Å². The summed E-state index contributed by atoms with van der Waals surface area (Å²) in [6.45, 7) is 4.09. The number of carbonyl (C=O) groups is 2. The van der Waals surface area contributed by atoms with Gasteiger partial charge in [0, 0.05) is 13.0 Å². The molecule has 0 saturated heterocycles. The van der Waals surface area contributed by atoms with E-state index in [2.05, 4.69) is 12.2 Å². The van der Waals surface area contributed by atoms with E-state index >= 15 is 0 Å². The summed E-state index contributed by atoms with van der Waals surface area (Å²) in [7, 11) is 1.47. The average molecular weight is 450 g/mol. The maximum atomic E-state index is 12.0. The Hall–Kier alpha value is -2.24. The second-order valence-electron chi connectivity index (χ2n) is 8.53. The van der Waals surface area contributed by atoms with Crippen LogP contribution < -0.4 is 10.1 Å². The van der Waals surface area contributed by atoms with Gasteiger partial charge in [0.15, 0.2) is 18.1 Å². The highest BCUT2D eigenvalue weighted by molar-refractivity contribution is 5.80. The topological polar surface area (TPSA) is 84.9 Å². The first kappa shape index (κ1) is 27.8. The minimum Gasteiger partial charge on any atom is -0.504 e.